The normalized spacial score (nSPS) is 11.6. The van der Waals surface area contributed by atoms with E-state index in [1.165, 1.54) is 10.9 Å². The van der Waals surface area contributed by atoms with Gasteiger partial charge in [0.2, 0.25) is 0 Å². The number of hydrogen-bond donors (Lipinski definition) is 1. The van der Waals surface area contributed by atoms with Crippen LogP contribution in [0.1, 0.15) is 31.9 Å². The summed E-state index contributed by atoms with van der Waals surface area (Å²) in [5, 5.41) is 12.1. The molecule has 0 aliphatic rings. The molecule has 1 N–H and O–H groups in total. The number of aromatic hydroxyl groups is 1. The van der Waals surface area contributed by atoms with Gasteiger partial charge in [0.15, 0.2) is 0 Å². The zero-order chi connectivity index (χ0) is 18.2. The van der Waals surface area contributed by atoms with Crippen LogP contribution in [0.4, 0.5) is 0 Å². The average Bonchev–Trinajstić information content (AvgIpc) is 2.49. The Labute approximate surface area is 163 Å². The molecule has 0 radical (unpaired) electrons. The first-order chi connectivity index (χ1) is 11.3. The molecule has 24 heavy (non-hydrogen) atoms. The Morgan fingerprint density at radius 3 is 2.29 bits per heavy atom. The van der Waals surface area contributed by atoms with Gasteiger partial charge in [0.25, 0.3) is 0 Å². The van der Waals surface area contributed by atoms with Gasteiger partial charge in [0, 0.05) is 17.1 Å². The van der Waals surface area contributed by atoms with Crippen molar-refractivity contribution in [3.8, 4) is 5.75 Å². The van der Waals surface area contributed by atoms with Crippen molar-refractivity contribution in [2.45, 2.75) is 33.2 Å². The van der Waals surface area contributed by atoms with E-state index < -0.39 is 17.0 Å². The number of para-hydroxylation sites is 1. The molecular formula is C18H22Cl2NOPTi. The van der Waals surface area contributed by atoms with Gasteiger partial charge in [0.1, 0.15) is 5.75 Å². The number of rotatable bonds is 3. The molecule has 2 aromatic carbocycles. The Morgan fingerprint density at radius 2 is 1.71 bits per heavy atom. The monoisotopic (exact) mass is 417 g/mol. The maximum absolute atomic E-state index is 9.95. The van der Waals surface area contributed by atoms with E-state index in [1.807, 2.05) is 24.4 Å². The van der Waals surface area contributed by atoms with Crippen LogP contribution in [0.2, 0.25) is 0 Å². The molecule has 1 unspecified atom stereocenters. The molecule has 0 aromatic heterocycles. The predicted octanol–water partition coefficient (Wildman–Crippen LogP) is 4.92. The van der Waals surface area contributed by atoms with Crippen molar-refractivity contribution >= 4 is 44.0 Å². The van der Waals surface area contributed by atoms with E-state index in [2.05, 4.69) is 50.9 Å². The molecule has 0 heterocycles. The molecule has 0 saturated carbocycles. The summed E-state index contributed by atoms with van der Waals surface area (Å²) in [6.07, 6.45) is 1.95. The van der Waals surface area contributed by atoms with E-state index in [0.29, 0.717) is 14.3 Å². The fourth-order valence-electron chi connectivity index (χ4n) is 1.89. The third kappa shape index (κ3) is 8.14. The van der Waals surface area contributed by atoms with E-state index in [-0.39, 0.29) is 5.54 Å². The molecule has 6 heteroatoms. The van der Waals surface area contributed by atoms with E-state index in [4.69, 9.17) is 18.6 Å². The Bertz CT molecular complexity index is 687. The van der Waals surface area contributed by atoms with Crippen LogP contribution in [0.25, 0.3) is 0 Å². The Balaban J connectivity index is 0.000000891. The van der Waals surface area contributed by atoms with E-state index in [9.17, 15) is 5.11 Å². The molecule has 2 rings (SSSR count). The molecule has 0 aliphatic carbocycles. The number of phenols is 1. The van der Waals surface area contributed by atoms with Crippen LogP contribution < -0.4 is 10.6 Å². The van der Waals surface area contributed by atoms with Crippen molar-refractivity contribution in [1.82, 2.24) is 0 Å². The minimum absolute atomic E-state index is 0.0843. The van der Waals surface area contributed by atoms with Crippen LogP contribution in [0, 0.1) is 6.92 Å². The van der Waals surface area contributed by atoms with Gasteiger partial charge in [-0.25, -0.2) is 0 Å². The molecular weight excluding hydrogens is 396 g/mol. The van der Waals surface area contributed by atoms with Gasteiger partial charge in [-0.3, -0.25) is 4.99 Å². The second kappa shape index (κ2) is 10.6. The van der Waals surface area contributed by atoms with Crippen molar-refractivity contribution < 1.29 is 22.1 Å². The summed E-state index contributed by atoms with van der Waals surface area (Å²) >= 11 is -0.556. The van der Waals surface area contributed by atoms with Crippen molar-refractivity contribution in [1.29, 1.82) is 0 Å². The molecule has 2 aromatic rings. The molecule has 128 valence electrons. The second-order valence-corrected chi connectivity index (χ2v) is 10.1. The predicted molar refractivity (Wildman–Crippen MR) is 106 cm³/mol. The molecule has 0 bridgehead atoms. The third-order valence-electron chi connectivity index (χ3n) is 2.97. The standard InChI is InChI=1S/C18H22NOP.2ClH.Ti/c1-13-9-10-16(14(11-13)12-19-18(2,3)4)21-17-8-6-5-7-15(17)20;;;/h5-12,20-21H,1-4H3;2*1H;/q;;;+2/p-2. The number of phenolic OH excluding ortho intramolecular Hbond substituents is 1. The molecule has 0 amide bonds. The number of hydrogen-bond acceptors (Lipinski definition) is 2. The first-order valence-corrected chi connectivity index (χ1v) is 12.7. The third-order valence-corrected chi connectivity index (χ3v) is 4.39. The molecule has 0 aliphatic heterocycles. The fraction of sp³-hybridized carbons (Fsp3) is 0.278. The fourth-order valence-corrected chi connectivity index (χ4v) is 3.02. The van der Waals surface area contributed by atoms with E-state index >= 15 is 0 Å². The first kappa shape index (κ1) is 21.7. The van der Waals surface area contributed by atoms with Crippen LogP contribution in [0.5, 0.6) is 5.75 Å². The van der Waals surface area contributed by atoms with Gasteiger partial charge in [-0.05, 0) is 45.1 Å². The topological polar surface area (TPSA) is 32.6 Å². The van der Waals surface area contributed by atoms with Crippen LogP contribution in [-0.4, -0.2) is 16.9 Å². The molecule has 0 spiro atoms. The summed E-state index contributed by atoms with van der Waals surface area (Å²) in [4.78, 5) is 4.61. The van der Waals surface area contributed by atoms with Crippen LogP contribution in [0.3, 0.4) is 0 Å². The average molecular weight is 418 g/mol. The summed E-state index contributed by atoms with van der Waals surface area (Å²) in [6, 6.07) is 13.9. The molecule has 1 atom stereocenters. The second-order valence-electron chi connectivity index (χ2n) is 6.23. The van der Waals surface area contributed by atoms with Gasteiger partial charge < -0.3 is 5.11 Å². The number of aryl methyl sites for hydroxylation is 1. The van der Waals surface area contributed by atoms with Crippen LogP contribution in [-0.2, 0) is 17.0 Å². The number of halogens is 2. The number of nitrogens with zero attached hydrogens (tertiary/aromatic N) is 1. The van der Waals surface area contributed by atoms with Gasteiger partial charge >= 0.3 is 35.6 Å². The van der Waals surface area contributed by atoms with Crippen molar-refractivity contribution in [2.75, 3.05) is 0 Å². The summed E-state index contributed by atoms with van der Waals surface area (Å²) in [5.41, 5.74) is 2.27. The zero-order valence-corrected chi connectivity index (χ0v) is 18.3. The van der Waals surface area contributed by atoms with Crippen molar-refractivity contribution in [2.24, 2.45) is 4.99 Å². The summed E-state index contributed by atoms with van der Waals surface area (Å²) in [7, 11) is 10.2. The quantitative estimate of drug-likeness (QED) is 0.429. The van der Waals surface area contributed by atoms with Crippen molar-refractivity contribution in [3.05, 3.63) is 53.6 Å². The Kier molecular flexibility index (Phi) is 9.56. The first-order valence-electron chi connectivity index (χ1n) is 7.44. The number of benzene rings is 2. The summed E-state index contributed by atoms with van der Waals surface area (Å²) in [5.74, 6) is 0.357. The zero-order valence-electron chi connectivity index (χ0n) is 14.3. The SMILES string of the molecule is Cc1ccc(Pc2ccccc2O)c(C=NC(C)(C)C)c1.[Cl][Ti][Cl]. The maximum atomic E-state index is 9.95. The van der Waals surface area contributed by atoms with Crippen LogP contribution in [0.15, 0.2) is 47.5 Å². The Hall–Kier alpha value is -0.366. The summed E-state index contributed by atoms with van der Waals surface area (Å²) < 4.78 is 0. The molecule has 2 nitrogen and oxygen atoms in total. The van der Waals surface area contributed by atoms with Gasteiger partial charge in [0.05, 0.1) is 5.54 Å². The van der Waals surface area contributed by atoms with Crippen molar-refractivity contribution in [3.63, 3.8) is 0 Å². The minimum atomic E-state index is -0.556. The van der Waals surface area contributed by atoms with Gasteiger partial charge in [-0.1, -0.05) is 44.5 Å². The molecule has 0 fully saturated rings. The number of aliphatic imine (C=N–C) groups is 1. The van der Waals surface area contributed by atoms with E-state index in [0.717, 1.165) is 10.9 Å². The van der Waals surface area contributed by atoms with Gasteiger partial charge in [-0.2, -0.15) is 0 Å². The van der Waals surface area contributed by atoms with Gasteiger partial charge in [-0.15, -0.1) is 0 Å². The molecule has 0 saturated heterocycles. The van der Waals surface area contributed by atoms with Crippen LogP contribution >= 0.6 is 27.2 Å². The Morgan fingerprint density at radius 1 is 1.08 bits per heavy atom. The summed E-state index contributed by atoms with van der Waals surface area (Å²) in [6.45, 7) is 8.35. The van der Waals surface area contributed by atoms with E-state index in [1.54, 1.807) is 6.07 Å².